The van der Waals surface area contributed by atoms with Crippen LogP contribution in [0.3, 0.4) is 0 Å². The van der Waals surface area contributed by atoms with Gasteiger partial charge in [0.05, 0.1) is 12.9 Å². The van der Waals surface area contributed by atoms with Crippen LogP contribution in [0.25, 0.3) is 0 Å². The molecule has 10 heteroatoms. The van der Waals surface area contributed by atoms with Crippen LogP contribution in [-0.4, -0.2) is 48.3 Å². The largest absolute Gasteiger partial charge is 0.480 e. The molecule has 0 aliphatic rings. The predicted octanol–water partition coefficient (Wildman–Crippen LogP) is -0.977. The van der Waals surface area contributed by atoms with Crippen LogP contribution in [0.1, 0.15) is 11.5 Å². The van der Waals surface area contributed by atoms with Crippen LogP contribution in [-0.2, 0) is 17.8 Å². The SMILES string of the molecule is O=C(NCc1ncn[nH]1)N[C@H](Cc1cnc[nH]1)C(=O)O. The molecule has 0 spiro atoms. The molecule has 0 aliphatic carbocycles. The molecule has 0 radical (unpaired) electrons. The van der Waals surface area contributed by atoms with Crippen molar-refractivity contribution in [3.8, 4) is 0 Å². The highest BCUT2D eigenvalue weighted by atomic mass is 16.4. The summed E-state index contributed by atoms with van der Waals surface area (Å²) in [4.78, 5) is 33.1. The van der Waals surface area contributed by atoms with Crippen LogP contribution >= 0.6 is 0 Å². The minimum Gasteiger partial charge on any atom is -0.480 e. The van der Waals surface area contributed by atoms with E-state index in [0.717, 1.165) is 0 Å². The van der Waals surface area contributed by atoms with E-state index in [1.54, 1.807) is 0 Å². The summed E-state index contributed by atoms with van der Waals surface area (Å²) in [6.45, 7) is 0.127. The number of hydrogen-bond acceptors (Lipinski definition) is 5. The Kier molecular flexibility index (Phi) is 4.27. The fourth-order valence-corrected chi connectivity index (χ4v) is 1.51. The molecule has 20 heavy (non-hydrogen) atoms. The van der Waals surface area contributed by atoms with Crippen molar-refractivity contribution in [1.82, 2.24) is 35.8 Å². The standard InChI is InChI=1S/C10H13N7O3/c18-9(19)7(1-6-2-11-4-13-6)16-10(20)12-3-8-14-5-15-17-8/h2,4-5,7H,1,3H2,(H,11,13)(H,18,19)(H2,12,16,20)(H,14,15,17)/t7-/m1/s1. The third kappa shape index (κ3) is 3.80. The van der Waals surface area contributed by atoms with E-state index in [1.807, 2.05) is 0 Å². The van der Waals surface area contributed by atoms with E-state index in [-0.39, 0.29) is 13.0 Å². The van der Waals surface area contributed by atoms with Gasteiger partial charge in [-0.05, 0) is 0 Å². The molecular formula is C10H13N7O3. The van der Waals surface area contributed by atoms with Gasteiger partial charge in [0.1, 0.15) is 18.2 Å². The quantitative estimate of drug-likeness (QED) is 0.459. The van der Waals surface area contributed by atoms with Gasteiger partial charge in [-0.2, -0.15) is 5.10 Å². The van der Waals surface area contributed by atoms with Crippen molar-refractivity contribution in [2.75, 3.05) is 0 Å². The molecule has 0 saturated heterocycles. The maximum Gasteiger partial charge on any atom is 0.326 e. The van der Waals surface area contributed by atoms with Gasteiger partial charge in [-0.3, -0.25) is 5.10 Å². The number of aromatic amines is 2. The second-order valence-electron chi connectivity index (χ2n) is 3.93. The number of nitrogens with zero attached hydrogens (tertiary/aromatic N) is 3. The molecule has 2 heterocycles. The van der Waals surface area contributed by atoms with Crippen molar-refractivity contribution in [3.05, 3.63) is 30.4 Å². The molecule has 0 aromatic carbocycles. The molecule has 0 bridgehead atoms. The molecule has 10 nitrogen and oxygen atoms in total. The molecule has 0 saturated carbocycles. The highest BCUT2D eigenvalue weighted by Crippen LogP contribution is 1.98. The maximum atomic E-state index is 11.6. The normalized spacial score (nSPS) is 11.8. The van der Waals surface area contributed by atoms with Crippen LogP contribution in [0, 0.1) is 0 Å². The van der Waals surface area contributed by atoms with Gasteiger partial charge in [0.2, 0.25) is 0 Å². The Morgan fingerprint density at radius 2 is 2.30 bits per heavy atom. The minimum absolute atomic E-state index is 0.116. The Bertz CT molecular complexity index is 551. The van der Waals surface area contributed by atoms with E-state index >= 15 is 0 Å². The second kappa shape index (κ2) is 6.31. The number of aromatic nitrogens is 5. The smallest absolute Gasteiger partial charge is 0.326 e. The minimum atomic E-state index is -1.13. The topological polar surface area (TPSA) is 149 Å². The Balaban J connectivity index is 1.84. The third-order valence-corrected chi connectivity index (χ3v) is 2.46. The zero-order valence-electron chi connectivity index (χ0n) is 10.3. The molecule has 0 aliphatic heterocycles. The fraction of sp³-hybridized carbons (Fsp3) is 0.300. The summed E-state index contributed by atoms with van der Waals surface area (Å²) in [5.41, 5.74) is 0.618. The number of carboxylic acid groups (broad SMARTS) is 1. The average Bonchev–Trinajstić information content (AvgIpc) is 3.08. The lowest BCUT2D eigenvalue weighted by molar-refractivity contribution is -0.139. The first-order chi connectivity index (χ1) is 9.65. The fourth-order valence-electron chi connectivity index (χ4n) is 1.51. The molecule has 2 aromatic rings. The molecule has 0 fully saturated rings. The molecule has 1 atom stereocenters. The maximum absolute atomic E-state index is 11.6. The van der Waals surface area contributed by atoms with Gasteiger partial charge < -0.3 is 20.7 Å². The number of carbonyl (C=O) groups excluding carboxylic acids is 1. The predicted molar refractivity (Wildman–Crippen MR) is 65.5 cm³/mol. The Hall–Kier alpha value is -2.91. The van der Waals surface area contributed by atoms with Crippen molar-refractivity contribution in [1.29, 1.82) is 0 Å². The number of hydrogen-bond donors (Lipinski definition) is 5. The van der Waals surface area contributed by atoms with Gasteiger partial charge in [0, 0.05) is 18.3 Å². The summed E-state index contributed by atoms with van der Waals surface area (Å²) in [5.74, 6) is -0.657. The van der Waals surface area contributed by atoms with Gasteiger partial charge in [-0.25, -0.2) is 19.6 Å². The van der Waals surface area contributed by atoms with Crippen molar-refractivity contribution in [3.63, 3.8) is 0 Å². The van der Waals surface area contributed by atoms with Gasteiger partial charge >= 0.3 is 12.0 Å². The Labute approximate surface area is 113 Å². The summed E-state index contributed by atoms with van der Waals surface area (Å²) in [5, 5.41) is 20.1. The lowest BCUT2D eigenvalue weighted by atomic mass is 10.2. The lowest BCUT2D eigenvalue weighted by Crippen LogP contribution is -2.47. The highest BCUT2D eigenvalue weighted by molar-refractivity contribution is 5.82. The van der Waals surface area contributed by atoms with E-state index in [0.29, 0.717) is 11.5 Å². The van der Waals surface area contributed by atoms with E-state index in [2.05, 4.69) is 35.8 Å². The number of rotatable bonds is 6. The van der Waals surface area contributed by atoms with Crippen LogP contribution < -0.4 is 10.6 Å². The van der Waals surface area contributed by atoms with Crippen LogP contribution in [0.15, 0.2) is 18.9 Å². The molecule has 106 valence electrons. The first-order valence-electron chi connectivity index (χ1n) is 5.74. The number of carbonyl (C=O) groups is 2. The first-order valence-corrected chi connectivity index (χ1v) is 5.74. The molecule has 5 N–H and O–H groups in total. The van der Waals surface area contributed by atoms with E-state index in [1.165, 1.54) is 18.9 Å². The number of imidazole rings is 1. The summed E-state index contributed by atoms with van der Waals surface area (Å²) in [6, 6.07) is -1.65. The Morgan fingerprint density at radius 3 is 2.90 bits per heavy atom. The van der Waals surface area contributed by atoms with Gasteiger partial charge in [0.15, 0.2) is 0 Å². The molecule has 2 rings (SSSR count). The summed E-state index contributed by atoms with van der Waals surface area (Å²) >= 11 is 0. The zero-order chi connectivity index (χ0) is 14.4. The van der Waals surface area contributed by atoms with Crippen molar-refractivity contribution < 1.29 is 14.7 Å². The summed E-state index contributed by atoms with van der Waals surface area (Å²) < 4.78 is 0. The first kappa shape index (κ1) is 13.5. The lowest BCUT2D eigenvalue weighted by Gasteiger charge is -2.13. The van der Waals surface area contributed by atoms with Crippen molar-refractivity contribution in [2.24, 2.45) is 0 Å². The molecule has 2 amide bonds. The summed E-state index contributed by atoms with van der Waals surface area (Å²) in [7, 11) is 0. The number of aliphatic carboxylic acids is 1. The van der Waals surface area contributed by atoms with Gasteiger partial charge in [-0.15, -0.1) is 0 Å². The average molecular weight is 279 g/mol. The molecule has 2 aromatic heterocycles. The molecule has 0 unspecified atom stereocenters. The second-order valence-corrected chi connectivity index (χ2v) is 3.93. The number of urea groups is 1. The van der Waals surface area contributed by atoms with Gasteiger partial charge in [0.25, 0.3) is 0 Å². The van der Waals surface area contributed by atoms with E-state index < -0.39 is 18.0 Å². The number of H-pyrrole nitrogens is 2. The van der Waals surface area contributed by atoms with Crippen molar-refractivity contribution in [2.45, 2.75) is 19.0 Å². The van der Waals surface area contributed by atoms with E-state index in [9.17, 15) is 9.59 Å². The third-order valence-electron chi connectivity index (χ3n) is 2.46. The monoisotopic (exact) mass is 279 g/mol. The number of amides is 2. The number of nitrogens with one attached hydrogen (secondary N) is 4. The highest BCUT2D eigenvalue weighted by Gasteiger charge is 2.20. The van der Waals surface area contributed by atoms with Crippen LogP contribution in [0.4, 0.5) is 4.79 Å². The van der Waals surface area contributed by atoms with Gasteiger partial charge in [-0.1, -0.05) is 0 Å². The number of carboxylic acids is 1. The van der Waals surface area contributed by atoms with Crippen LogP contribution in [0.5, 0.6) is 0 Å². The molecular weight excluding hydrogens is 266 g/mol. The van der Waals surface area contributed by atoms with Crippen molar-refractivity contribution >= 4 is 12.0 Å². The van der Waals surface area contributed by atoms with E-state index in [4.69, 9.17) is 5.11 Å². The summed E-state index contributed by atoms with van der Waals surface area (Å²) in [6.07, 6.45) is 4.38. The zero-order valence-corrected chi connectivity index (χ0v) is 10.3. The Morgan fingerprint density at radius 1 is 1.45 bits per heavy atom. The van der Waals surface area contributed by atoms with Crippen LogP contribution in [0.2, 0.25) is 0 Å².